The van der Waals surface area contributed by atoms with Crippen LogP contribution in [-0.4, -0.2) is 18.8 Å². The molecule has 0 amide bonds. The van der Waals surface area contributed by atoms with Crippen molar-refractivity contribution < 1.29 is 9.47 Å². The van der Waals surface area contributed by atoms with Crippen molar-refractivity contribution in [1.82, 2.24) is 0 Å². The van der Waals surface area contributed by atoms with E-state index >= 15 is 0 Å². The first-order valence-electron chi connectivity index (χ1n) is 5.46. The Morgan fingerprint density at radius 2 is 2.20 bits per heavy atom. The highest BCUT2D eigenvalue weighted by Crippen LogP contribution is 2.27. The Kier molecular flexibility index (Phi) is 2.70. The van der Waals surface area contributed by atoms with Crippen LogP contribution in [0.2, 0.25) is 0 Å². The molecule has 82 valence electrons. The zero-order chi connectivity index (χ0) is 10.9. The molecule has 15 heavy (non-hydrogen) atoms. The Morgan fingerprint density at radius 3 is 2.80 bits per heavy atom. The maximum atomic E-state index is 5.70. The lowest BCUT2D eigenvalue weighted by atomic mass is 10.0. The first kappa shape index (κ1) is 10.5. The minimum Gasteiger partial charge on any atom is -0.490 e. The normalized spacial score (nSPS) is 24.3. The maximum absolute atomic E-state index is 5.70. The summed E-state index contributed by atoms with van der Waals surface area (Å²) < 4.78 is 11.0. The van der Waals surface area contributed by atoms with Gasteiger partial charge < -0.3 is 9.47 Å². The van der Waals surface area contributed by atoms with Gasteiger partial charge in [0.05, 0.1) is 6.61 Å². The summed E-state index contributed by atoms with van der Waals surface area (Å²) >= 11 is 0. The third-order valence-electron chi connectivity index (χ3n) is 2.71. The molecule has 1 saturated heterocycles. The van der Waals surface area contributed by atoms with Crippen LogP contribution in [0.15, 0.2) is 24.3 Å². The van der Waals surface area contributed by atoms with E-state index in [0.29, 0.717) is 12.5 Å². The van der Waals surface area contributed by atoms with E-state index < -0.39 is 0 Å². The minimum absolute atomic E-state index is 0.0339. The molecule has 2 rings (SSSR count). The fourth-order valence-electron chi connectivity index (χ4n) is 1.41. The van der Waals surface area contributed by atoms with Crippen LogP contribution in [0.5, 0.6) is 5.75 Å². The lowest BCUT2D eigenvalue weighted by Gasteiger charge is -2.11. The first-order valence-corrected chi connectivity index (χ1v) is 5.46. The zero-order valence-corrected chi connectivity index (χ0v) is 9.62. The van der Waals surface area contributed by atoms with E-state index in [-0.39, 0.29) is 5.60 Å². The number of hydrogen-bond donors (Lipinski definition) is 0. The van der Waals surface area contributed by atoms with Crippen molar-refractivity contribution in [2.75, 3.05) is 13.2 Å². The summed E-state index contributed by atoms with van der Waals surface area (Å²) in [6, 6.07) is 8.28. The molecule has 1 heterocycles. The van der Waals surface area contributed by atoms with Gasteiger partial charge in [0.2, 0.25) is 0 Å². The third-order valence-corrected chi connectivity index (χ3v) is 2.71. The molecular weight excluding hydrogens is 188 g/mol. The van der Waals surface area contributed by atoms with Crippen molar-refractivity contribution in [3.63, 3.8) is 0 Å². The molecular formula is C13H18O2. The van der Waals surface area contributed by atoms with E-state index in [2.05, 4.69) is 32.9 Å². The van der Waals surface area contributed by atoms with Crippen LogP contribution in [-0.2, 0) is 4.74 Å². The summed E-state index contributed by atoms with van der Waals surface area (Å²) in [6.07, 6.45) is 0. The molecule has 1 aromatic carbocycles. The van der Waals surface area contributed by atoms with Gasteiger partial charge in [0.25, 0.3) is 0 Å². The highest BCUT2D eigenvalue weighted by molar-refractivity contribution is 5.30. The van der Waals surface area contributed by atoms with Crippen LogP contribution in [0.4, 0.5) is 0 Å². The smallest absolute Gasteiger partial charge is 0.123 e. The van der Waals surface area contributed by atoms with Crippen molar-refractivity contribution in [3.05, 3.63) is 29.8 Å². The molecule has 1 unspecified atom stereocenters. The molecule has 2 nitrogen and oxygen atoms in total. The highest BCUT2D eigenvalue weighted by Gasteiger charge is 2.40. The standard InChI is InChI=1S/C13H18O2/c1-10(2)11-5-4-6-12(7-11)14-8-13(3)9-15-13/h4-7,10H,8-9H2,1-3H3. The summed E-state index contributed by atoms with van der Waals surface area (Å²) in [5.74, 6) is 1.49. The fraction of sp³-hybridized carbons (Fsp3) is 0.538. The van der Waals surface area contributed by atoms with Gasteiger partial charge in [0, 0.05) is 0 Å². The molecule has 0 aromatic heterocycles. The van der Waals surface area contributed by atoms with Crippen LogP contribution in [0.25, 0.3) is 0 Å². The van der Waals surface area contributed by atoms with E-state index in [9.17, 15) is 0 Å². The number of hydrogen-bond acceptors (Lipinski definition) is 2. The second kappa shape index (κ2) is 3.86. The molecule has 0 radical (unpaired) electrons. The quantitative estimate of drug-likeness (QED) is 0.706. The van der Waals surface area contributed by atoms with E-state index in [1.807, 2.05) is 12.1 Å². The van der Waals surface area contributed by atoms with Gasteiger partial charge in [-0.1, -0.05) is 26.0 Å². The first-order chi connectivity index (χ1) is 7.09. The summed E-state index contributed by atoms with van der Waals surface area (Å²) in [5, 5.41) is 0. The van der Waals surface area contributed by atoms with Crippen LogP contribution in [0.3, 0.4) is 0 Å². The second-order valence-electron chi connectivity index (χ2n) is 4.75. The van der Waals surface area contributed by atoms with Gasteiger partial charge in [0.15, 0.2) is 0 Å². The average Bonchev–Trinajstić information content (AvgIpc) is 2.95. The Morgan fingerprint density at radius 1 is 1.47 bits per heavy atom. The summed E-state index contributed by atoms with van der Waals surface area (Å²) in [4.78, 5) is 0. The predicted octanol–water partition coefficient (Wildman–Crippen LogP) is 2.98. The Labute approximate surface area is 91.2 Å². The van der Waals surface area contributed by atoms with Gasteiger partial charge in [-0.2, -0.15) is 0 Å². The number of epoxide rings is 1. The third kappa shape index (κ3) is 2.72. The Hall–Kier alpha value is -1.02. The lowest BCUT2D eigenvalue weighted by molar-refractivity contribution is 0.202. The molecule has 1 aromatic rings. The van der Waals surface area contributed by atoms with Crippen molar-refractivity contribution in [2.24, 2.45) is 0 Å². The Balaban J connectivity index is 1.98. The van der Waals surface area contributed by atoms with E-state index in [4.69, 9.17) is 9.47 Å². The highest BCUT2D eigenvalue weighted by atomic mass is 16.6. The number of rotatable bonds is 4. The van der Waals surface area contributed by atoms with Gasteiger partial charge in [-0.3, -0.25) is 0 Å². The Bertz CT molecular complexity index is 340. The van der Waals surface area contributed by atoms with Crippen molar-refractivity contribution >= 4 is 0 Å². The van der Waals surface area contributed by atoms with Crippen molar-refractivity contribution in [3.8, 4) is 5.75 Å². The van der Waals surface area contributed by atoms with E-state index in [1.165, 1.54) is 5.56 Å². The fourth-order valence-corrected chi connectivity index (χ4v) is 1.41. The maximum Gasteiger partial charge on any atom is 0.123 e. The van der Waals surface area contributed by atoms with Gasteiger partial charge in [-0.15, -0.1) is 0 Å². The molecule has 1 atom stereocenters. The molecule has 0 aliphatic carbocycles. The van der Waals surface area contributed by atoms with Crippen LogP contribution < -0.4 is 4.74 Å². The van der Waals surface area contributed by atoms with E-state index in [1.54, 1.807) is 0 Å². The molecule has 0 spiro atoms. The summed E-state index contributed by atoms with van der Waals surface area (Å²) in [7, 11) is 0. The summed E-state index contributed by atoms with van der Waals surface area (Å²) in [6.45, 7) is 7.90. The van der Waals surface area contributed by atoms with Gasteiger partial charge in [-0.05, 0) is 30.5 Å². The molecule has 0 saturated carbocycles. The topological polar surface area (TPSA) is 21.8 Å². The minimum atomic E-state index is -0.0339. The SMILES string of the molecule is CC(C)c1cccc(OCC2(C)CO2)c1. The average molecular weight is 206 g/mol. The number of ether oxygens (including phenoxy) is 2. The summed E-state index contributed by atoms with van der Waals surface area (Å²) in [5.41, 5.74) is 1.28. The van der Waals surface area contributed by atoms with Crippen LogP contribution in [0, 0.1) is 0 Å². The van der Waals surface area contributed by atoms with Crippen molar-refractivity contribution in [2.45, 2.75) is 32.3 Å². The molecule has 1 fully saturated rings. The van der Waals surface area contributed by atoms with Gasteiger partial charge >= 0.3 is 0 Å². The predicted molar refractivity (Wildman–Crippen MR) is 60.4 cm³/mol. The molecule has 1 aliphatic heterocycles. The molecule has 0 N–H and O–H groups in total. The lowest BCUT2D eigenvalue weighted by Crippen LogP contribution is -2.16. The monoisotopic (exact) mass is 206 g/mol. The molecule has 2 heteroatoms. The van der Waals surface area contributed by atoms with E-state index in [0.717, 1.165) is 12.4 Å². The van der Waals surface area contributed by atoms with Crippen LogP contribution in [0.1, 0.15) is 32.3 Å². The van der Waals surface area contributed by atoms with Crippen LogP contribution >= 0.6 is 0 Å². The molecule has 0 bridgehead atoms. The number of benzene rings is 1. The van der Waals surface area contributed by atoms with Crippen molar-refractivity contribution in [1.29, 1.82) is 0 Å². The zero-order valence-electron chi connectivity index (χ0n) is 9.62. The van der Waals surface area contributed by atoms with Gasteiger partial charge in [0.1, 0.15) is 18.0 Å². The molecule has 1 aliphatic rings. The second-order valence-corrected chi connectivity index (χ2v) is 4.75. The van der Waals surface area contributed by atoms with Gasteiger partial charge in [-0.25, -0.2) is 0 Å². The largest absolute Gasteiger partial charge is 0.490 e.